The van der Waals surface area contributed by atoms with Gasteiger partial charge >= 0.3 is 0 Å². The quantitative estimate of drug-likeness (QED) is 0.948. The summed E-state index contributed by atoms with van der Waals surface area (Å²) in [5, 5.41) is 6.99. The van der Waals surface area contributed by atoms with Gasteiger partial charge in [0.25, 0.3) is 5.91 Å². The van der Waals surface area contributed by atoms with Crippen LogP contribution >= 0.6 is 15.9 Å². The van der Waals surface area contributed by atoms with Crippen LogP contribution in [0.2, 0.25) is 0 Å². The largest absolute Gasteiger partial charge is 0.304 e. The molecule has 0 fully saturated rings. The number of nitrogens with one attached hydrogen (secondary N) is 1. The van der Waals surface area contributed by atoms with Crippen LogP contribution in [0.15, 0.2) is 28.9 Å². The van der Waals surface area contributed by atoms with Crippen molar-refractivity contribution in [2.75, 3.05) is 5.32 Å². The second-order valence-electron chi connectivity index (χ2n) is 3.77. The summed E-state index contributed by atoms with van der Waals surface area (Å²) >= 11 is 3.34. The summed E-state index contributed by atoms with van der Waals surface area (Å²) in [5.41, 5.74) is 1.36. The van der Waals surface area contributed by atoms with Gasteiger partial charge in [0.05, 0.1) is 10.2 Å². The van der Waals surface area contributed by atoms with Gasteiger partial charge in [0.1, 0.15) is 11.5 Å². The number of aryl methyl sites for hydroxylation is 2. The molecule has 0 bridgehead atoms. The van der Waals surface area contributed by atoms with E-state index in [0.717, 1.165) is 10.2 Å². The van der Waals surface area contributed by atoms with Crippen LogP contribution in [0.5, 0.6) is 0 Å². The van der Waals surface area contributed by atoms with Crippen LogP contribution in [0.1, 0.15) is 23.1 Å². The fourth-order valence-electron chi connectivity index (χ4n) is 1.62. The van der Waals surface area contributed by atoms with E-state index < -0.39 is 0 Å². The Morgan fingerprint density at radius 2 is 2.33 bits per heavy atom. The molecule has 6 heteroatoms. The Morgan fingerprint density at radius 1 is 1.56 bits per heavy atom. The van der Waals surface area contributed by atoms with Crippen LogP contribution in [-0.2, 0) is 6.54 Å². The highest BCUT2D eigenvalue weighted by Gasteiger charge is 2.14. The number of nitrogens with zero attached hydrogens (tertiary/aromatic N) is 3. The Balaban J connectivity index is 2.25. The second-order valence-corrected chi connectivity index (χ2v) is 4.63. The van der Waals surface area contributed by atoms with Gasteiger partial charge in [0.15, 0.2) is 0 Å². The highest BCUT2D eigenvalue weighted by molar-refractivity contribution is 9.10. The highest BCUT2D eigenvalue weighted by Crippen LogP contribution is 2.19. The Hall–Kier alpha value is -1.69. The first kappa shape index (κ1) is 12.8. The minimum atomic E-state index is -0.211. The molecule has 94 valence electrons. The Kier molecular flexibility index (Phi) is 3.76. The van der Waals surface area contributed by atoms with Crippen molar-refractivity contribution < 1.29 is 4.79 Å². The van der Waals surface area contributed by atoms with Gasteiger partial charge in [-0.2, -0.15) is 5.10 Å². The zero-order chi connectivity index (χ0) is 13.1. The van der Waals surface area contributed by atoms with Crippen molar-refractivity contribution in [3.8, 4) is 0 Å². The monoisotopic (exact) mass is 308 g/mol. The van der Waals surface area contributed by atoms with Gasteiger partial charge in [-0.05, 0) is 48.0 Å². The van der Waals surface area contributed by atoms with E-state index in [1.165, 1.54) is 0 Å². The van der Waals surface area contributed by atoms with Gasteiger partial charge in [0, 0.05) is 12.7 Å². The molecule has 0 spiro atoms. The summed E-state index contributed by atoms with van der Waals surface area (Å²) < 4.78 is 2.42. The molecular weight excluding hydrogens is 296 g/mol. The van der Waals surface area contributed by atoms with E-state index in [1.807, 2.05) is 19.9 Å². The average molecular weight is 309 g/mol. The third-order valence-electron chi connectivity index (χ3n) is 2.42. The third-order valence-corrected chi connectivity index (χ3v) is 3.06. The Bertz CT molecular complexity index is 579. The number of amides is 1. The highest BCUT2D eigenvalue weighted by atomic mass is 79.9. The zero-order valence-corrected chi connectivity index (χ0v) is 11.7. The zero-order valence-electron chi connectivity index (χ0n) is 10.1. The van der Waals surface area contributed by atoms with Crippen LogP contribution in [0, 0.1) is 6.92 Å². The minimum absolute atomic E-state index is 0.211. The normalized spacial score (nSPS) is 10.4. The van der Waals surface area contributed by atoms with Crippen LogP contribution in [-0.4, -0.2) is 20.7 Å². The van der Waals surface area contributed by atoms with Gasteiger partial charge < -0.3 is 5.32 Å². The molecule has 0 saturated carbocycles. The van der Waals surface area contributed by atoms with E-state index >= 15 is 0 Å². The lowest BCUT2D eigenvalue weighted by Crippen LogP contribution is -2.18. The standard InChI is InChI=1S/C12H13BrN4O/c1-3-17-10(7-8(2)16-17)12(18)15-11-9(13)5-4-6-14-11/h4-7H,3H2,1-2H3,(H,14,15,18). The maximum Gasteiger partial charge on any atom is 0.275 e. The second kappa shape index (κ2) is 5.30. The van der Waals surface area contributed by atoms with E-state index in [0.29, 0.717) is 18.1 Å². The molecule has 2 aromatic rings. The number of anilines is 1. The fraction of sp³-hybridized carbons (Fsp3) is 0.250. The summed E-state index contributed by atoms with van der Waals surface area (Å²) in [4.78, 5) is 16.2. The lowest BCUT2D eigenvalue weighted by molar-refractivity contribution is 0.101. The molecular formula is C12H13BrN4O. The van der Waals surface area contributed by atoms with Crippen LogP contribution < -0.4 is 5.32 Å². The van der Waals surface area contributed by atoms with E-state index in [4.69, 9.17) is 0 Å². The first-order valence-electron chi connectivity index (χ1n) is 5.58. The van der Waals surface area contributed by atoms with Crippen molar-refractivity contribution in [2.45, 2.75) is 20.4 Å². The van der Waals surface area contributed by atoms with Crippen molar-refractivity contribution in [1.82, 2.24) is 14.8 Å². The van der Waals surface area contributed by atoms with Gasteiger partial charge in [-0.1, -0.05) is 0 Å². The van der Waals surface area contributed by atoms with Crippen molar-refractivity contribution >= 4 is 27.7 Å². The molecule has 0 atom stereocenters. The average Bonchev–Trinajstić information content (AvgIpc) is 2.73. The van der Waals surface area contributed by atoms with Gasteiger partial charge in [-0.3, -0.25) is 9.48 Å². The summed E-state index contributed by atoms with van der Waals surface area (Å²) in [6.07, 6.45) is 1.63. The molecule has 0 aliphatic heterocycles. The van der Waals surface area contributed by atoms with Crippen molar-refractivity contribution in [3.05, 3.63) is 40.3 Å². The minimum Gasteiger partial charge on any atom is -0.304 e. The van der Waals surface area contributed by atoms with Crippen LogP contribution in [0.3, 0.4) is 0 Å². The summed E-state index contributed by atoms with van der Waals surface area (Å²) in [7, 11) is 0. The molecule has 2 aromatic heterocycles. The number of carbonyl (C=O) groups excluding carboxylic acids is 1. The van der Waals surface area contributed by atoms with E-state index in [2.05, 4.69) is 31.3 Å². The first-order chi connectivity index (χ1) is 8.61. The van der Waals surface area contributed by atoms with Gasteiger partial charge in [0.2, 0.25) is 0 Å². The van der Waals surface area contributed by atoms with E-state index in [9.17, 15) is 4.79 Å². The van der Waals surface area contributed by atoms with Crippen molar-refractivity contribution in [1.29, 1.82) is 0 Å². The van der Waals surface area contributed by atoms with Gasteiger partial charge in [-0.25, -0.2) is 4.98 Å². The number of carbonyl (C=O) groups is 1. The molecule has 0 aliphatic carbocycles. The predicted octanol–water partition coefficient (Wildman–Crippen LogP) is 2.62. The van der Waals surface area contributed by atoms with Crippen molar-refractivity contribution in [2.24, 2.45) is 0 Å². The van der Waals surface area contributed by atoms with E-state index in [-0.39, 0.29) is 5.91 Å². The molecule has 2 rings (SSSR count). The van der Waals surface area contributed by atoms with E-state index in [1.54, 1.807) is 23.0 Å². The number of halogens is 1. The van der Waals surface area contributed by atoms with Gasteiger partial charge in [-0.15, -0.1) is 0 Å². The summed E-state index contributed by atoms with van der Waals surface area (Å²) in [6, 6.07) is 5.38. The molecule has 18 heavy (non-hydrogen) atoms. The van der Waals surface area contributed by atoms with Crippen LogP contribution in [0.4, 0.5) is 5.82 Å². The molecule has 0 aliphatic rings. The molecule has 0 radical (unpaired) electrons. The first-order valence-corrected chi connectivity index (χ1v) is 6.37. The Morgan fingerprint density at radius 3 is 3.00 bits per heavy atom. The molecule has 0 saturated heterocycles. The molecule has 0 aromatic carbocycles. The number of aromatic nitrogens is 3. The maximum absolute atomic E-state index is 12.1. The molecule has 1 amide bonds. The molecule has 0 unspecified atom stereocenters. The number of hydrogen-bond acceptors (Lipinski definition) is 3. The summed E-state index contributed by atoms with van der Waals surface area (Å²) in [6.45, 7) is 4.46. The lowest BCUT2D eigenvalue weighted by atomic mass is 10.3. The smallest absolute Gasteiger partial charge is 0.275 e. The third kappa shape index (κ3) is 2.59. The van der Waals surface area contributed by atoms with Crippen molar-refractivity contribution in [3.63, 3.8) is 0 Å². The maximum atomic E-state index is 12.1. The summed E-state index contributed by atoms with van der Waals surface area (Å²) in [5.74, 6) is 0.292. The SMILES string of the molecule is CCn1nc(C)cc1C(=O)Nc1ncccc1Br. The topological polar surface area (TPSA) is 59.8 Å². The number of rotatable bonds is 3. The molecule has 2 heterocycles. The lowest BCUT2D eigenvalue weighted by Gasteiger charge is -2.07. The predicted molar refractivity (Wildman–Crippen MR) is 72.5 cm³/mol. The molecule has 1 N–H and O–H groups in total. The van der Waals surface area contributed by atoms with Crippen LogP contribution in [0.25, 0.3) is 0 Å². The molecule has 5 nitrogen and oxygen atoms in total. The number of pyridine rings is 1. The Labute approximate surface area is 113 Å². The fourth-order valence-corrected chi connectivity index (χ4v) is 1.97. The number of hydrogen-bond donors (Lipinski definition) is 1.